The molecule has 1 unspecified atom stereocenters. The van der Waals surface area contributed by atoms with Crippen molar-refractivity contribution in [2.45, 2.75) is 64.8 Å². The van der Waals surface area contributed by atoms with Crippen LogP contribution in [-0.2, 0) is 20.7 Å². The van der Waals surface area contributed by atoms with Crippen LogP contribution >= 0.6 is 0 Å². The van der Waals surface area contributed by atoms with Crippen molar-refractivity contribution in [1.29, 1.82) is 0 Å². The molecule has 1 heterocycles. The molecule has 130 valence electrons. The number of nitrogens with one attached hydrogen (secondary N) is 1. The van der Waals surface area contributed by atoms with E-state index >= 15 is 0 Å². The Bertz CT molecular complexity index is 478. The first kappa shape index (κ1) is 19.5. The third kappa shape index (κ3) is 8.57. The fourth-order valence-electron chi connectivity index (χ4n) is 2.21. The van der Waals surface area contributed by atoms with Gasteiger partial charge in [0.05, 0.1) is 6.61 Å². The number of nitrogens with two attached hydrogens (primary N) is 1. The maximum atomic E-state index is 9.60. The standard InChI is InChI=1S/C13H20N2O.C5H10O2/c1-13(2)15-12(9-16-13)8-5-10-3-6-11(14)7-4-10;1-5(2,3)7-4-6/h3-4,6-7,12,15H,5,8-9,14H2,1-2H3;4H,1-3H3. The van der Waals surface area contributed by atoms with E-state index < -0.39 is 0 Å². The van der Waals surface area contributed by atoms with Crippen molar-refractivity contribution < 1.29 is 14.3 Å². The molecule has 0 spiro atoms. The van der Waals surface area contributed by atoms with E-state index in [-0.39, 0.29) is 11.3 Å². The molecule has 0 saturated carbocycles. The smallest absolute Gasteiger partial charge is 0.293 e. The highest BCUT2D eigenvalue weighted by Gasteiger charge is 2.30. The maximum Gasteiger partial charge on any atom is 0.293 e. The Kier molecular flexibility index (Phi) is 7.03. The quantitative estimate of drug-likeness (QED) is 0.658. The summed E-state index contributed by atoms with van der Waals surface area (Å²) in [6.45, 7) is 10.9. The fraction of sp³-hybridized carbons (Fsp3) is 0.611. The molecule has 23 heavy (non-hydrogen) atoms. The molecule has 1 aromatic carbocycles. The lowest BCUT2D eigenvalue weighted by atomic mass is 10.1. The third-order valence-electron chi connectivity index (χ3n) is 3.36. The van der Waals surface area contributed by atoms with Gasteiger partial charge in [-0.1, -0.05) is 12.1 Å². The molecule has 3 N–H and O–H groups in total. The second kappa shape index (κ2) is 8.31. The highest BCUT2D eigenvalue weighted by atomic mass is 16.5. The number of aryl methyl sites for hydroxylation is 1. The van der Waals surface area contributed by atoms with E-state index in [2.05, 4.69) is 36.0 Å². The molecule has 1 aliphatic rings. The van der Waals surface area contributed by atoms with Crippen LogP contribution in [-0.4, -0.2) is 30.4 Å². The van der Waals surface area contributed by atoms with E-state index in [1.165, 1.54) is 5.56 Å². The van der Waals surface area contributed by atoms with Gasteiger partial charge in [-0.3, -0.25) is 10.1 Å². The average molecular weight is 322 g/mol. The number of carbonyl (C=O) groups excluding carboxylic acids is 1. The monoisotopic (exact) mass is 322 g/mol. The number of benzene rings is 1. The summed E-state index contributed by atoms with van der Waals surface area (Å²) in [6.07, 6.45) is 2.17. The summed E-state index contributed by atoms with van der Waals surface area (Å²) in [5.41, 5.74) is 7.33. The van der Waals surface area contributed by atoms with Gasteiger partial charge in [0.2, 0.25) is 0 Å². The first-order valence-electron chi connectivity index (χ1n) is 7.99. The highest BCUT2D eigenvalue weighted by molar-refractivity contribution is 5.39. The largest absolute Gasteiger partial charge is 0.462 e. The zero-order valence-corrected chi connectivity index (χ0v) is 14.9. The molecular formula is C18H30N2O3. The van der Waals surface area contributed by atoms with Crippen LogP contribution in [0.2, 0.25) is 0 Å². The summed E-state index contributed by atoms with van der Waals surface area (Å²) in [6, 6.07) is 8.56. The number of nitrogen functional groups attached to an aromatic ring is 1. The molecule has 1 atom stereocenters. The minimum atomic E-state index is -0.318. The lowest BCUT2D eigenvalue weighted by Crippen LogP contribution is -2.38. The highest BCUT2D eigenvalue weighted by Crippen LogP contribution is 2.18. The first-order chi connectivity index (χ1) is 10.6. The molecule has 0 aromatic heterocycles. The molecule has 2 rings (SSSR count). The molecule has 1 aliphatic heterocycles. The summed E-state index contributed by atoms with van der Waals surface area (Å²) in [4.78, 5) is 9.60. The Morgan fingerprint density at radius 2 is 1.96 bits per heavy atom. The van der Waals surface area contributed by atoms with Crippen LogP contribution in [0.25, 0.3) is 0 Å². The number of rotatable bonds is 4. The lowest BCUT2D eigenvalue weighted by Gasteiger charge is -2.18. The van der Waals surface area contributed by atoms with Crippen LogP contribution in [0.4, 0.5) is 5.69 Å². The zero-order valence-electron chi connectivity index (χ0n) is 14.9. The Hall–Kier alpha value is -1.59. The van der Waals surface area contributed by atoms with Gasteiger partial charge in [-0.2, -0.15) is 0 Å². The molecule has 1 aromatic rings. The minimum Gasteiger partial charge on any atom is -0.462 e. The van der Waals surface area contributed by atoms with Crippen molar-refractivity contribution in [2.75, 3.05) is 12.3 Å². The molecule has 1 saturated heterocycles. The van der Waals surface area contributed by atoms with Crippen molar-refractivity contribution in [3.63, 3.8) is 0 Å². The maximum absolute atomic E-state index is 9.60. The SMILES string of the molecule is CC(C)(C)OC=O.CC1(C)NC(CCc2ccc(N)cc2)CO1. The molecule has 5 heteroatoms. The minimum absolute atomic E-state index is 0.161. The van der Waals surface area contributed by atoms with E-state index in [1.807, 2.05) is 32.9 Å². The topological polar surface area (TPSA) is 73.6 Å². The van der Waals surface area contributed by atoms with Gasteiger partial charge in [-0.15, -0.1) is 0 Å². The molecular weight excluding hydrogens is 292 g/mol. The molecule has 0 bridgehead atoms. The Morgan fingerprint density at radius 1 is 1.35 bits per heavy atom. The van der Waals surface area contributed by atoms with Crippen molar-refractivity contribution in [2.24, 2.45) is 0 Å². The van der Waals surface area contributed by atoms with Crippen LogP contribution in [0, 0.1) is 0 Å². The average Bonchev–Trinajstić information content (AvgIpc) is 2.77. The number of carbonyl (C=O) groups is 1. The molecule has 0 radical (unpaired) electrons. The summed E-state index contributed by atoms with van der Waals surface area (Å²) in [5, 5.41) is 3.46. The van der Waals surface area contributed by atoms with Crippen LogP contribution in [0.15, 0.2) is 24.3 Å². The van der Waals surface area contributed by atoms with E-state index in [4.69, 9.17) is 10.5 Å². The Morgan fingerprint density at radius 3 is 2.35 bits per heavy atom. The van der Waals surface area contributed by atoms with E-state index in [0.717, 1.165) is 25.1 Å². The van der Waals surface area contributed by atoms with Gasteiger partial charge >= 0.3 is 0 Å². The van der Waals surface area contributed by atoms with Gasteiger partial charge in [0, 0.05) is 11.7 Å². The fourth-order valence-corrected chi connectivity index (χ4v) is 2.21. The summed E-state index contributed by atoms with van der Waals surface area (Å²) in [7, 11) is 0. The number of ether oxygens (including phenoxy) is 2. The second-order valence-corrected chi connectivity index (χ2v) is 7.27. The van der Waals surface area contributed by atoms with Gasteiger partial charge in [0.15, 0.2) is 0 Å². The number of anilines is 1. The Balaban J connectivity index is 0.000000322. The van der Waals surface area contributed by atoms with Crippen LogP contribution in [0.1, 0.15) is 46.6 Å². The summed E-state index contributed by atoms with van der Waals surface area (Å²) < 4.78 is 10.2. The van der Waals surface area contributed by atoms with E-state index in [9.17, 15) is 4.79 Å². The predicted octanol–water partition coefficient (Wildman–Crippen LogP) is 2.88. The summed E-state index contributed by atoms with van der Waals surface area (Å²) >= 11 is 0. The van der Waals surface area contributed by atoms with Crippen LogP contribution < -0.4 is 11.1 Å². The van der Waals surface area contributed by atoms with Gasteiger partial charge < -0.3 is 15.2 Å². The van der Waals surface area contributed by atoms with Crippen molar-refractivity contribution in [1.82, 2.24) is 5.32 Å². The van der Waals surface area contributed by atoms with Crippen LogP contribution in [0.3, 0.4) is 0 Å². The van der Waals surface area contributed by atoms with Gasteiger partial charge in [-0.05, 0) is 65.2 Å². The molecule has 0 aliphatic carbocycles. The third-order valence-corrected chi connectivity index (χ3v) is 3.36. The Labute approximate surface area is 139 Å². The van der Waals surface area contributed by atoms with Crippen molar-refractivity contribution in [3.8, 4) is 0 Å². The normalized spacial score (nSPS) is 19.6. The van der Waals surface area contributed by atoms with Gasteiger partial charge in [0.1, 0.15) is 11.3 Å². The van der Waals surface area contributed by atoms with E-state index in [1.54, 1.807) is 0 Å². The molecule has 5 nitrogen and oxygen atoms in total. The van der Waals surface area contributed by atoms with E-state index in [0.29, 0.717) is 12.5 Å². The number of hydrogen-bond donors (Lipinski definition) is 2. The number of hydrogen-bond acceptors (Lipinski definition) is 5. The second-order valence-electron chi connectivity index (χ2n) is 7.27. The molecule has 1 fully saturated rings. The molecule has 0 amide bonds. The van der Waals surface area contributed by atoms with Gasteiger partial charge in [-0.25, -0.2) is 0 Å². The summed E-state index contributed by atoms with van der Waals surface area (Å²) in [5.74, 6) is 0. The predicted molar refractivity (Wildman–Crippen MR) is 93.0 cm³/mol. The zero-order chi connectivity index (χ0) is 17.5. The lowest BCUT2D eigenvalue weighted by molar-refractivity contribution is -0.138. The van der Waals surface area contributed by atoms with Crippen molar-refractivity contribution in [3.05, 3.63) is 29.8 Å². The van der Waals surface area contributed by atoms with Crippen LogP contribution in [0.5, 0.6) is 0 Å². The van der Waals surface area contributed by atoms with Gasteiger partial charge in [0.25, 0.3) is 6.47 Å². The van der Waals surface area contributed by atoms with Crippen molar-refractivity contribution >= 4 is 12.2 Å². The first-order valence-corrected chi connectivity index (χ1v) is 7.99.